The fraction of sp³-hybridized carbons (Fsp3) is 0.500. The van der Waals surface area contributed by atoms with E-state index < -0.39 is 5.97 Å². The van der Waals surface area contributed by atoms with Crippen LogP contribution in [0.4, 0.5) is 0 Å². The van der Waals surface area contributed by atoms with Crippen molar-refractivity contribution < 1.29 is 9.90 Å². The van der Waals surface area contributed by atoms with Gasteiger partial charge < -0.3 is 0 Å². The molecule has 5 heavy (non-hydrogen) atoms. The Morgan fingerprint density at radius 1 is 2.00 bits per heavy atom. The van der Waals surface area contributed by atoms with Crippen LogP contribution in [0.15, 0.2) is 0 Å². The molecule has 1 N–H and O–H groups in total. The van der Waals surface area contributed by atoms with E-state index in [1.807, 2.05) is 0 Å². The predicted octanol–water partition coefficient (Wildman–Crippen LogP) is -0.342. The van der Waals surface area contributed by atoms with E-state index in [1.165, 1.54) is 0 Å². The SMILES string of the molecule is O=C(O)[CH2][Na]. The van der Waals surface area contributed by atoms with Gasteiger partial charge in [0.15, 0.2) is 0 Å². The van der Waals surface area contributed by atoms with Crippen molar-refractivity contribution in [3.8, 4) is 0 Å². The molecule has 0 unspecified atom stereocenters. The average molecular weight is 82.0 g/mol. The second-order valence-corrected chi connectivity index (χ2v) is 1.45. The maximum absolute atomic E-state index is 9.40. The Bertz CT molecular complexity index is 42.9. The molecule has 0 bridgehead atoms. The van der Waals surface area contributed by atoms with Crippen LogP contribution >= 0.6 is 0 Å². The summed E-state index contributed by atoms with van der Waals surface area (Å²) in [7, 11) is 0. The third kappa shape index (κ3) is 4.47. The molecule has 0 aliphatic rings. The number of hydrogen-bond donors (Lipinski definition) is 1. The Morgan fingerprint density at radius 2 is 2.20 bits per heavy atom. The molecule has 0 aromatic carbocycles. The van der Waals surface area contributed by atoms with Gasteiger partial charge in [0, 0.05) is 0 Å². The van der Waals surface area contributed by atoms with E-state index in [0.717, 1.165) is 27.9 Å². The third-order valence-corrected chi connectivity index (χ3v) is 0.907. The van der Waals surface area contributed by atoms with E-state index >= 15 is 0 Å². The molecule has 3 heteroatoms. The first-order valence-electron chi connectivity index (χ1n) is 1.49. The molecule has 0 radical (unpaired) electrons. The van der Waals surface area contributed by atoms with Crippen molar-refractivity contribution in [1.82, 2.24) is 0 Å². The first-order valence-corrected chi connectivity index (χ1v) is 2.90. The predicted molar refractivity (Wildman–Crippen MR) is 18.2 cm³/mol. The van der Waals surface area contributed by atoms with Crippen LogP contribution in [-0.2, 0) is 4.79 Å². The Labute approximate surface area is 47.6 Å². The summed E-state index contributed by atoms with van der Waals surface area (Å²) in [6.07, 6.45) is 0. The molecule has 0 aromatic heterocycles. The van der Waals surface area contributed by atoms with Crippen molar-refractivity contribution in [3.63, 3.8) is 0 Å². The fourth-order valence-corrected chi connectivity index (χ4v) is 0. The quantitative estimate of drug-likeness (QED) is 0.439. The number of carboxylic acid groups (broad SMARTS) is 1. The van der Waals surface area contributed by atoms with Gasteiger partial charge in [-0.2, -0.15) is 0 Å². The zero-order valence-electron chi connectivity index (χ0n) is 3.06. The molecule has 0 fully saturated rings. The van der Waals surface area contributed by atoms with Gasteiger partial charge in [-0.3, -0.25) is 0 Å². The number of rotatable bonds is 1. The number of aliphatic carboxylic acids is 1. The third-order valence-electron chi connectivity index (χ3n) is 0.302. The van der Waals surface area contributed by atoms with Crippen LogP contribution in [0.1, 0.15) is 0 Å². The molecule has 0 heterocycles. The minimum atomic E-state index is -0.684. The summed E-state index contributed by atoms with van der Waals surface area (Å²) >= 11 is 0.774. The Balaban J connectivity index is 2.85. The molecule has 0 aromatic rings. The number of hydrogen-bond acceptors (Lipinski definition) is 1. The summed E-state index contributed by atoms with van der Waals surface area (Å²) < 4.78 is 0.361. The van der Waals surface area contributed by atoms with Gasteiger partial charge in [0.1, 0.15) is 0 Å². The van der Waals surface area contributed by atoms with E-state index in [0.29, 0.717) is 3.67 Å². The second kappa shape index (κ2) is 2.69. The Kier molecular flexibility index (Phi) is 2.95. The van der Waals surface area contributed by atoms with Crippen molar-refractivity contribution >= 4 is 33.9 Å². The molecular formula is C2H3NaO2. The zero-order chi connectivity index (χ0) is 4.28. The molecule has 0 aliphatic carbocycles. The summed E-state index contributed by atoms with van der Waals surface area (Å²) in [4.78, 5) is 9.40. The van der Waals surface area contributed by atoms with Gasteiger partial charge in [-0.1, -0.05) is 0 Å². The van der Waals surface area contributed by atoms with Gasteiger partial charge >= 0.3 is 47.5 Å². The van der Waals surface area contributed by atoms with Crippen molar-refractivity contribution in [1.29, 1.82) is 0 Å². The standard InChI is InChI=1S/C2H3O2.Na/c1-2(3)4;/h1H2,(H,3,4);. The summed E-state index contributed by atoms with van der Waals surface area (Å²) in [6.45, 7) is 0. The maximum atomic E-state index is 9.40. The van der Waals surface area contributed by atoms with Crippen LogP contribution in [-0.4, -0.2) is 39.0 Å². The first-order chi connectivity index (χ1) is 2.27. The summed E-state index contributed by atoms with van der Waals surface area (Å²) in [5.74, 6) is -0.684. The zero-order valence-corrected chi connectivity index (χ0v) is 5.06. The van der Waals surface area contributed by atoms with Gasteiger partial charge in [-0.25, -0.2) is 0 Å². The van der Waals surface area contributed by atoms with Gasteiger partial charge in [0.25, 0.3) is 0 Å². The summed E-state index contributed by atoms with van der Waals surface area (Å²) in [5, 5.41) is 7.76. The van der Waals surface area contributed by atoms with Gasteiger partial charge in [-0.05, 0) is 0 Å². The van der Waals surface area contributed by atoms with Crippen LogP contribution in [0, 0.1) is 0 Å². The van der Waals surface area contributed by atoms with Crippen LogP contribution in [0.25, 0.3) is 0 Å². The molecule has 0 saturated heterocycles. The molecule has 0 aliphatic heterocycles. The van der Waals surface area contributed by atoms with Crippen molar-refractivity contribution in [2.75, 3.05) is 0 Å². The van der Waals surface area contributed by atoms with Gasteiger partial charge in [0.05, 0.1) is 0 Å². The van der Waals surface area contributed by atoms with E-state index in [1.54, 1.807) is 0 Å². The van der Waals surface area contributed by atoms with E-state index in [4.69, 9.17) is 5.11 Å². The molecule has 24 valence electrons. The molecule has 0 atom stereocenters. The Hall–Kier alpha value is 0.470. The number of carbonyl (C=O) groups is 1. The number of carboxylic acids is 1. The fourth-order valence-electron chi connectivity index (χ4n) is 0. The first kappa shape index (κ1) is 5.47. The van der Waals surface area contributed by atoms with Gasteiger partial charge in [0.2, 0.25) is 0 Å². The van der Waals surface area contributed by atoms with E-state index in [-0.39, 0.29) is 0 Å². The van der Waals surface area contributed by atoms with Crippen LogP contribution in [0.5, 0.6) is 0 Å². The van der Waals surface area contributed by atoms with E-state index in [2.05, 4.69) is 0 Å². The second-order valence-electron chi connectivity index (χ2n) is 0.747. The molecule has 0 saturated carbocycles. The summed E-state index contributed by atoms with van der Waals surface area (Å²) in [5.41, 5.74) is 0. The van der Waals surface area contributed by atoms with Crippen molar-refractivity contribution in [3.05, 3.63) is 0 Å². The van der Waals surface area contributed by atoms with Crippen molar-refractivity contribution in [2.45, 2.75) is 3.67 Å². The molecule has 0 amide bonds. The topological polar surface area (TPSA) is 37.3 Å². The molecule has 2 nitrogen and oxygen atoms in total. The van der Waals surface area contributed by atoms with Crippen LogP contribution in [0.2, 0.25) is 3.67 Å². The average Bonchev–Trinajstić information content (AvgIpc) is 1.38. The monoisotopic (exact) mass is 82.0 g/mol. The minimum absolute atomic E-state index is 0.361. The van der Waals surface area contributed by atoms with Gasteiger partial charge in [-0.15, -0.1) is 0 Å². The Morgan fingerprint density at radius 3 is 2.20 bits per heavy atom. The van der Waals surface area contributed by atoms with Crippen LogP contribution < -0.4 is 0 Å². The molecule has 0 spiro atoms. The van der Waals surface area contributed by atoms with Crippen LogP contribution in [0.3, 0.4) is 0 Å². The van der Waals surface area contributed by atoms with Crippen molar-refractivity contribution in [2.24, 2.45) is 0 Å². The normalized spacial score (nSPS) is 7.60. The molecule has 0 rings (SSSR count). The summed E-state index contributed by atoms with van der Waals surface area (Å²) in [6, 6.07) is 0. The molecular weight excluding hydrogens is 79.0 g/mol. The van der Waals surface area contributed by atoms with E-state index in [9.17, 15) is 4.79 Å².